The molecule has 1 aromatic heterocycles. The summed E-state index contributed by atoms with van der Waals surface area (Å²) in [6, 6.07) is 3.82. The smallest absolute Gasteiger partial charge is 0.234 e. The van der Waals surface area contributed by atoms with E-state index in [1.165, 1.54) is 0 Å². The zero-order valence-electron chi connectivity index (χ0n) is 9.77. The molecule has 2 unspecified atom stereocenters. The molecule has 0 aliphatic carbocycles. The molecule has 16 heavy (non-hydrogen) atoms. The molecule has 0 saturated heterocycles. The molecule has 4 heteroatoms. The lowest BCUT2D eigenvalue weighted by atomic mass is 10.1. The molecule has 0 aliphatic rings. The Morgan fingerprint density at radius 3 is 2.38 bits per heavy atom. The van der Waals surface area contributed by atoms with Gasteiger partial charge in [-0.1, -0.05) is 29.8 Å². The van der Waals surface area contributed by atoms with Crippen LogP contribution in [0.4, 0.5) is 0 Å². The van der Waals surface area contributed by atoms with Gasteiger partial charge in [-0.25, -0.2) is 0 Å². The van der Waals surface area contributed by atoms with Crippen molar-refractivity contribution in [3.05, 3.63) is 30.1 Å². The molecule has 88 valence electrons. The Balaban J connectivity index is 2.58. The van der Waals surface area contributed by atoms with Gasteiger partial charge in [-0.05, 0) is 30.5 Å². The van der Waals surface area contributed by atoms with Gasteiger partial charge in [-0.3, -0.25) is 9.78 Å². The lowest BCUT2D eigenvalue weighted by Gasteiger charge is -2.18. The van der Waals surface area contributed by atoms with Crippen molar-refractivity contribution in [1.29, 1.82) is 0 Å². The van der Waals surface area contributed by atoms with E-state index in [9.17, 15) is 4.79 Å². The van der Waals surface area contributed by atoms with Crippen molar-refractivity contribution >= 4 is 21.8 Å². The highest BCUT2D eigenvalue weighted by molar-refractivity contribution is 9.10. The molecule has 0 radical (unpaired) electrons. The summed E-state index contributed by atoms with van der Waals surface area (Å²) in [5.41, 5.74) is 1.06. The van der Waals surface area contributed by atoms with Crippen molar-refractivity contribution in [3.63, 3.8) is 0 Å². The SMILES string of the molecule is CC(NC(=O)C(Br)C(C)C)c1ccncc1. The van der Waals surface area contributed by atoms with E-state index < -0.39 is 0 Å². The van der Waals surface area contributed by atoms with Crippen LogP contribution in [-0.2, 0) is 4.79 Å². The van der Waals surface area contributed by atoms with Gasteiger partial charge in [0.05, 0.1) is 10.9 Å². The molecule has 0 spiro atoms. The minimum absolute atomic E-state index is 0.00861. The van der Waals surface area contributed by atoms with Crippen LogP contribution in [0, 0.1) is 5.92 Å². The fourth-order valence-electron chi connectivity index (χ4n) is 1.33. The standard InChI is InChI=1S/C12H17BrN2O/c1-8(2)11(13)12(16)15-9(3)10-4-6-14-7-5-10/h4-9,11H,1-3H3,(H,15,16). The van der Waals surface area contributed by atoms with E-state index in [2.05, 4.69) is 26.2 Å². The number of carbonyl (C=O) groups excluding carboxylic acids is 1. The number of hydrogen-bond donors (Lipinski definition) is 1. The Bertz CT molecular complexity index is 340. The van der Waals surface area contributed by atoms with Gasteiger partial charge in [0.25, 0.3) is 0 Å². The predicted molar refractivity (Wildman–Crippen MR) is 68.3 cm³/mol. The summed E-state index contributed by atoms with van der Waals surface area (Å²) in [6.07, 6.45) is 3.46. The molecule has 1 rings (SSSR count). The summed E-state index contributed by atoms with van der Waals surface area (Å²) >= 11 is 3.38. The van der Waals surface area contributed by atoms with Crippen molar-refractivity contribution < 1.29 is 4.79 Å². The molecule has 0 aromatic carbocycles. The van der Waals surface area contributed by atoms with Gasteiger partial charge in [0, 0.05) is 12.4 Å². The number of nitrogens with one attached hydrogen (secondary N) is 1. The maximum absolute atomic E-state index is 11.8. The first-order valence-corrected chi connectivity index (χ1v) is 6.28. The van der Waals surface area contributed by atoms with E-state index in [1.54, 1.807) is 12.4 Å². The number of aromatic nitrogens is 1. The Morgan fingerprint density at radius 1 is 1.31 bits per heavy atom. The Kier molecular flexibility index (Phi) is 4.93. The van der Waals surface area contributed by atoms with Crippen LogP contribution >= 0.6 is 15.9 Å². The lowest BCUT2D eigenvalue weighted by Crippen LogP contribution is -2.35. The molecular weight excluding hydrogens is 268 g/mol. The van der Waals surface area contributed by atoms with Gasteiger partial charge in [0.1, 0.15) is 0 Å². The van der Waals surface area contributed by atoms with Crippen LogP contribution in [0.15, 0.2) is 24.5 Å². The number of rotatable bonds is 4. The number of hydrogen-bond acceptors (Lipinski definition) is 2. The first-order valence-electron chi connectivity index (χ1n) is 5.36. The third-order valence-electron chi connectivity index (χ3n) is 2.40. The van der Waals surface area contributed by atoms with Gasteiger partial charge in [0.2, 0.25) is 5.91 Å². The van der Waals surface area contributed by atoms with Gasteiger partial charge in [-0.15, -0.1) is 0 Å². The molecule has 0 bridgehead atoms. The molecule has 3 nitrogen and oxygen atoms in total. The van der Waals surface area contributed by atoms with E-state index >= 15 is 0 Å². The van der Waals surface area contributed by atoms with Gasteiger partial charge >= 0.3 is 0 Å². The Labute approximate surface area is 105 Å². The zero-order valence-corrected chi connectivity index (χ0v) is 11.4. The first-order chi connectivity index (χ1) is 7.52. The largest absolute Gasteiger partial charge is 0.349 e. The van der Waals surface area contributed by atoms with E-state index in [0.29, 0.717) is 0 Å². The third-order valence-corrected chi connectivity index (χ3v) is 3.87. The van der Waals surface area contributed by atoms with E-state index in [4.69, 9.17) is 0 Å². The summed E-state index contributed by atoms with van der Waals surface area (Å²) in [6.45, 7) is 5.99. The van der Waals surface area contributed by atoms with Crippen molar-refractivity contribution in [2.75, 3.05) is 0 Å². The number of amides is 1. The molecule has 0 fully saturated rings. The number of alkyl halides is 1. The highest BCUT2D eigenvalue weighted by atomic mass is 79.9. The number of pyridine rings is 1. The van der Waals surface area contributed by atoms with Gasteiger partial charge in [0.15, 0.2) is 0 Å². The van der Waals surface area contributed by atoms with Crippen LogP contribution in [0.1, 0.15) is 32.4 Å². The number of nitrogens with zero attached hydrogens (tertiary/aromatic N) is 1. The topological polar surface area (TPSA) is 42.0 Å². The number of halogens is 1. The second-order valence-electron chi connectivity index (χ2n) is 4.16. The summed E-state index contributed by atoms with van der Waals surface area (Å²) in [5.74, 6) is 0.309. The van der Waals surface area contributed by atoms with E-state index in [0.717, 1.165) is 5.56 Å². The maximum atomic E-state index is 11.8. The Morgan fingerprint density at radius 2 is 1.88 bits per heavy atom. The maximum Gasteiger partial charge on any atom is 0.234 e. The van der Waals surface area contributed by atoms with E-state index in [-0.39, 0.29) is 22.7 Å². The zero-order chi connectivity index (χ0) is 12.1. The molecular formula is C12H17BrN2O. The van der Waals surface area contributed by atoms with Crippen molar-refractivity contribution in [2.45, 2.75) is 31.6 Å². The Hall–Kier alpha value is -0.900. The minimum atomic E-state index is -0.142. The highest BCUT2D eigenvalue weighted by Crippen LogP contribution is 2.15. The van der Waals surface area contributed by atoms with Crippen LogP contribution in [0.25, 0.3) is 0 Å². The van der Waals surface area contributed by atoms with Crippen molar-refractivity contribution in [2.24, 2.45) is 5.92 Å². The normalized spacial score (nSPS) is 14.6. The van der Waals surface area contributed by atoms with Crippen LogP contribution < -0.4 is 5.32 Å². The number of carbonyl (C=O) groups is 1. The summed E-state index contributed by atoms with van der Waals surface area (Å²) in [5, 5.41) is 2.96. The first kappa shape index (κ1) is 13.2. The summed E-state index contributed by atoms with van der Waals surface area (Å²) < 4.78 is 0. The highest BCUT2D eigenvalue weighted by Gasteiger charge is 2.20. The minimum Gasteiger partial charge on any atom is -0.349 e. The predicted octanol–water partition coefficient (Wildman–Crippen LogP) is 2.68. The second-order valence-corrected chi connectivity index (χ2v) is 5.14. The van der Waals surface area contributed by atoms with Crippen molar-refractivity contribution in [3.8, 4) is 0 Å². The van der Waals surface area contributed by atoms with Crippen LogP contribution in [-0.4, -0.2) is 15.7 Å². The summed E-state index contributed by atoms with van der Waals surface area (Å²) in [4.78, 5) is 15.6. The van der Waals surface area contributed by atoms with Crippen molar-refractivity contribution in [1.82, 2.24) is 10.3 Å². The van der Waals surface area contributed by atoms with E-state index in [1.807, 2.05) is 32.9 Å². The fourth-order valence-corrected chi connectivity index (χ4v) is 1.46. The molecule has 2 atom stereocenters. The van der Waals surface area contributed by atoms with Crippen LogP contribution in [0.3, 0.4) is 0 Å². The molecule has 1 N–H and O–H groups in total. The van der Waals surface area contributed by atoms with Gasteiger partial charge < -0.3 is 5.32 Å². The fraction of sp³-hybridized carbons (Fsp3) is 0.500. The molecule has 0 aliphatic heterocycles. The molecule has 1 amide bonds. The monoisotopic (exact) mass is 284 g/mol. The van der Waals surface area contributed by atoms with Crippen LogP contribution in [0.5, 0.6) is 0 Å². The average Bonchev–Trinajstić information content (AvgIpc) is 2.28. The summed E-state index contributed by atoms with van der Waals surface area (Å²) in [7, 11) is 0. The second kappa shape index (κ2) is 5.99. The molecule has 0 saturated carbocycles. The average molecular weight is 285 g/mol. The molecule has 1 heterocycles. The quantitative estimate of drug-likeness (QED) is 0.864. The lowest BCUT2D eigenvalue weighted by molar-refractivity contribution is -0.121. The molecule has 1 aromatic rings. The van der Waals surface area contributed by atoms with Crippen LogP contribution in [0.2, 0.25) is 0 Å². The third kappa shape index (κ3) is 3.59. The van der Waals surface area contributed by atoms with Gasteiger partial charge in [-0.2, -0.15) is 0 Å².